The third kappa shape index (κ3) is 1.16. The minimum absolute atomic E-state index is 0.243. The van der Waals surface area contributed by atoms with Gasteiger partial charge in [0.15, 0.2) is 11.5 Å². The second-order valence-electron chi connectivity index (χ2n) is 2.58. The van der Waals surface area contributed by atoms with Gasteiger partial charge < -0.3 is 9.47 Å². The van der Waals surface area contributed by atoms with Gasteiger partial charge in [0.1, 0.15) is 0 Å². The largest absolute Gasteiger partial charge is 0.447 e. The molecule has 0 saturated carbocycles. The molecule has 1 aromatic carbocycles. The maximum atomic E-state index is 5.44. The normalized spacial score (nSPS) is 15.8. The smallest absolute Gasteiger partial charge is 0.261 e. The summed E-state index contributed by atoms with van der Waals surface area (Å²) in [7, 11) is 0. The summed E-state index contributed by atoms with van der Waals surface area (Å²) in [6.45, 7) is 1.94. The van der Waals surface area contributed by atoms with E-state index in [1.807, 2.05) is 43.3 Å². The molecular formula is C10H10O2. The van der Waals surface area contributed by atoms with Gasteiger partial charge in [-0.3, -0.25) is 0 Å². The summed E-state index contributed by atoms with van der Waals surface area (Å²) in [6.07, 6.45) is 3.55. The van der Waals surface area contributed by atoms with Crippen molar-refractivity contribution in [1.82, 2.24) is 0 Å². The van der Waals surface area contributed by atoms with Crippen LogP contribution in [-0.2, 0) is 0 Å². The van der Waals surface area contributed by atoms with Gasteiger partial charge >= 0.3 is 0 Å². The van der Waals surface area contributed by atoms with Crippen LogP contribution < -0.4 is 9.47 Å². The Bertz CT molecular complexity index is 279. The van der Waals surface area contributed by atoms with Crippen LogP contribution in [0.25, 0.3) is 0 Å². The zero-order valence-corrected chi connectivity index (χ0v) is 6.86. The molecule has 0 bridgehead atoms. The van der Waals surface area contributed by atoms with Crippen LogP contribution in [0.5, 0.6) is 11.5 Å². The van der Waals surface area contributed by atoms with Crippen LogP contribution in [0.4, 0.5) is 0 Å². The molecule has 0 aromatic heterocycles. The Balaban J connectivity index is 2.22. The zero-order chi connectivity index (χ0) is 8.39. The van der Waals surface area contributed by atoms with E-state index in [-0.39, 0.29) is 6.29 Å². The number of hydrogen-bond acceptors (Lipinski definition) is 2. The number of fused-ring (bicyclic) bond motifs is 1. The summed E-state index contributed by atoms with van der Waals surface area (Å²) < 4.78 is 10.9. The molecule has 2 heteroatoms. The van der Waals surface area contributed by atoms with Gasteiger partial charge in [-0.15, -0.1) is 0 Å². The molecule has 0 amide bonds. The highest BCUT2D eigenvalue weighted by Crippen LogP contribution is 2.33. The Labute approximate surface area is 71.4 Å². The molecule has 1 aliphatic heterocycles. The van der Waals surface area contributed by atoms with Gasteiger partial charge in [0.25, 0.3) is 6.29 Å². The lowest BCUT2D eigenvalue weighted by Crippen LogP contribution is -2.13. The summed E-state index contributed by atoms with van der Waals surface area (Å²) in [6, 6.07) is 7.66. The standard InChI is InChI=1S/C10H10O2/c1-2-5-10-11-8-6-3-4-7-9(8)12-10/h2-7,10H,1H3/b5-2+. The Kier molecular flexibility index (Phi) is 1.74. The average Bonchev–Trinajstić information content (AvgIpc) is 2.47. The van der Waals surface area contributed by atoms with E-state index in [4.69, 9.17) is 9.47 Å². The second kappa shape index (κ2) is 2.89. The van der Waals surface area contributed by atoms with E-state index >= 15 is 0 Å². The number of ether oxygens (including phenoxy) is 2. The van der Waals surface area contributed by atoms with Crippen molar-refractivity contribution in [3.63, 3.8) is 0 Å². The van der Waals surface area contributed by atoms with Crippen LogP contribution in [0.2, 0.25) is 0 Å². The lowest BCUT2D eigenvalue weighted by atomic mass is 10.3. The first-order valence-electron chi connectivity index (χ1n) is 3.95. The highest BCUT2D eigenvalue weighted by molar-refractivity contribution is 5.42. The summed E-state index contributed by atoms with van der Waals surface area (Å²) in [5, 5.41) is 0. The van der Waals surface area contributed by atoms with E-state index in [9.17, 15) is 0 Å². The van der Waals surface area contributed by atoms with Gasteiger partial charge in [-0.1, -0.05) is 18.2 Å². The quantitative estimate of drug-likeness (QED) is 0.590. The molecule has 2 rings (SSSR count). The van der Waals surface area contributed by atoms with Gasteiger partial charge in [0.05, 0.1) is 0 Å². The fraction of sp³-hybridized carbons (Fsp3) is 0.200. The van der Waals surface area contributed by atoms with Crippen LogP contribution in [0.15, 0.2) is 36.4 Å². The topological polar surface area (TPSA) is 18.5 Å². The average molecular weight is 162 g/mol. The first-order valence-corrected chi connectivity index (χ1v) is 3.95. The molecule has 12 heavy (non-hydrogen) atoms. The molecule has 0 aliphatic carbocycles. The molecule has 1 heterocycles. The molecule has 62 valence electrons. The Morgan fingerprint density at radius 3 is 2.25 bits per heavy atom. The van der Waals surface area contributed by atoms with E-state index in [0.29, 0.717) is 0 Å². The Hall–Kier alpha value is -1.44. The fourth-order valence-electron chi connectivity index (χ4n) is 1.15. The highest BCUT2D eigenvalue weighted by atomic mass is 16.7. The maximum Gasteiger partial charge on any atom is 0.261 e. The van der Waals surface area contributed by atoms with Crippen LogP contribution in [0, 0.1) is 0 Å². The van der Waals surface area contributed by atoms with Crippen LogP contribution in [0.3, 0.4) is 0 Å². The van der Waals surface area contributed by atoms with Gasteiger partial charge in [-0.2, -0.15) is 0 Å². The molecule has 0 fully saturated rings. The first-order chi connectivity index (χ1) is 5.90. The summed E-state index contributed by atoms with van der Waals surface area (Å²) >= 11 is 0. The van der Waals surface area contributed by atoms with E-state index in [1.165, 1.54) is 0 Å². The molecular weight excluding hydrogens is 152 g/mol. The molecule has 0 saturated heterocycles. The predicted octanol–water partition coefficient (Wildman–Crippen LogP) is 2.36. The zero-order valence-electron chi connectivity index (χ0n) is 6.86. The maximum absolute atomic E-state index is 5.44. The lowest BCUT2D eigenvalue weighted by molar-refractivity contribution is 0.0951. The van der Waals surface area contributed by atoms with E-state index in [1.54, 1.807) is 0 Å². The predicted molar refractivity (Wildman–Crippen MR) is 46.3 cm³/mol. The minimum Gasteiger partial charge on any atom is -0.447 e. The van der Waals surface area contributed by atoms with Crippen molar-refractivity contribution in [3.05, 3.63) is 36.4 Å². The van der Waals surface area contributed by atoms with Crippen molar-refractivity contribution in [1.29, 1.82) is 0 Å². The van der Waals surface area contributed by atoms with Crippen molar-refractivity contribution in [2.45, 2.75) is 13.2 Å². The number of rotatable bonds is 1. The fourth-order valence-corrected chi connectivity index (χ4v) is 1.15. The number of allylic oxidation sites excluding steroid dienone is 1. The van der Waals surface area contributed by atoms with Crippen molar-refractivity contribution >= 4 is 0 Å². The molecule has 0 N–H and O–H groups in total. The van der Waals surface area contributed by atoms with Crippen molar-refractivity contribution in [3.8, 4) is 11.5 Å². The van der Waals surface area contributed by atoms with Gasteiger partial charge in [-0.05, 0) is 25.1 Å². The molecule has 0 unspecified atom stereocenters. The Morgan fingerprint density at radius 1 is 1.17 bits per heavy atom. The van der Waals surface area contributed by atoms with Crippen LogP contribution >= 0.6 is 0 Å². The van der Waals surface area contributed by atoms with Crippen LogP contribution in [-0.4, -0.2) is 6.29 Å². The SMILES string of the molecule is C/C=C/C1Oc2ccccc2O1. The van der Waals surface area contributed by atoms with E-state index < -0.39 is 0 Å². The number of para-hydroxylation sites is 2. The monoisotopic (exact) mass is 162 g/mol. The second-order valence-corrected chi connectivity index (χ2v) is 2.58. The molecule has 0 atom stereocenters. The number of hydrogen-bond donors (Lipinski definition) is 0. The third-order valence-electron chi connectivity index (χ3n) is 1.68. The molecule has 1 aromatic rings. The van der Waals surface area contributed by atoms with Gasteiger partial charge in [0, 0.05) is 0 Å². The molecule has 0 spiro atoms. The minimum atomic E-state index is -0.243. The Morgan fingerprint density at radius 2 is 1.75 bits per heavy atom. The van der Waals surface area contributed by atoms with Crippen molar-refractivity contribution < 1.29 is 9.47 Å². The molecule has 2 nitrogen and oxygen atoms in total. The summed E-state index contributed by atoms with van der Waals surface area (Å²) in [4.78, 5) is 0. The number of benzene rings is 1. The van der Waals surface area contributed by atoms with Crippen molar-refractivity contribution in [2.75, 3.05) is 0 Å². The first kappa shape index (κ1) is 7.22. The molecule has 1 aliphatic rings. The summed E-state index contributed by atoms with van der Waals surface area (Å²) in [5.41, 5.74) is 0. The lowest BCUT2D eigenvalue weighted by Gasteiger charge is -2.02. The summed E-state index contributed by atoms with van der Waals surface area (Å²) in [5.74, 6) is 1.64. The third-order valence-corrected chi connectivity index (χ3v) is 1.68. The van der Waals surface area contributed by atoms with Gasteiger partial charge in [-0.25, -0.2) is 0 Å². The van der Waals surface area contributed by atoms with Gasteiger partial charge in [0.2, 0.25) is 0 Å². The van der Waals surface area contributed by atoms with E-state index in [2.05, 4.69) is 0 Å². The highest BCUT2D eigenvalue weighted by Gasteiger charge is 2.19. The molecule has 0 radical (unpaired) electrons. The van der Waals surface area contributed by atoms with E-state index in [0.717, 1.165) is 11.5 Å². The van der Waals surface area contributed by atoms with Crippen LogP contribution in [0.1, 0.15) is 6.92 Å². The van der Waals surface area contributed by atoms with Crippen molar-refractivity contribution in [2.24, 2.45) is 0 Å².